The number of nitrogens with one attached hydrogen (secondary N) is 1. The summed E-state index contributed by atoms with van der Waals surface area (Å²) in [6, 6.07) is 0.0630. The molecular weight excluding hydrogens is 272 g/mol. The molecule has 8 nitrogen and oxygen atoms in total. The van der Waals surface area contributed by atoms with E-state index < -0.39 is 0 Å². The number of hydrogen-bond donors (Lipinski definition) is 2. The lowest BCUT2D eigenvalue weighted by Crippen LogP contribution is -2.37. The van der Waals surface area contributed by atoms with Gasteiger partial charge < -0.3 is 11.1 Å². The van der Waals surface area contributed by atoms with Gasteiger partial charge in [0.15, 0.2) is 11.2 Å². The smallest absolute Gasteiger partial charge is 0.332 e. The van der Waals surface area contributed by atoms with Crippen LogP contribution in [0.3, 0.4) is 0 Å². The number of aromatic nitrogens is 4. The van der Waals surface area contributed by atoms with E-state index in [2.05, 4.69) is 10.3 Å². The predicted octanol–water partition coefficient (Wildman–Crippen LogP) is -0.225. The van der Waals surface area contributed by atoms with Gasteiger partial charge in [0, 0.05) is 26.7 Å². The van der Waals surface area contributed by atoms with Crippen molar-refractivity contribution < 1.29 is 0 Å². The van der Waals surface area contributed by atoms with Crippen LogP contribution in [0.2, 0.25) is 0 Å². The molecule has 0 amide bonds. The Morgan fingerprint density at radius 3 is 2.48 bits per heavy atom. The molecule has 116 valence electrons. The fourth-order valence-corrected chi connectivity index (χ4v) is 2.37. The number of rotatable bonds is 5. The third-order valence-corrected chi connectivity index (χ3v) is 3.47. The van der Waals surface area contributed by atoms with Gasteiger partial charge >= 0.3 is 5.69 Å². The van der Waals surface area contributed by atoms with E-state index in [1.54, 1.807) is 7.05 Å². The van der Waals surface area contributed by atoms with Crippen LogP contribution in [0.25, 0.3) is 11.2 Å². The van der Waals surface area contributed by atoms with Crippen LogP contribution in [-0.2, 0) is 14.1 Å². The van der Waals surface area contributed by atoms with E-state index in [-0.39, 0.29) is 17.3 Å². The number of imidazole rings is 1. The Morgan fingerprint density at radius 2 is 1.90 bits per heavy atom. The molecule has 0 aliphatic heterocycles. The minimum atomic E-state index is -0.380. The molecule has 0 aliphatic rings. The van der Waals surface area contributed by atoms with Crippen molar-refractivity contribution >= 4 is 17.1 Å². The predicted molar refractivity (Wildman–Crippen MR) is 82.8 cm³/mol. The van der Waals surface area contributed by atoms with Gasteiger partial charge in [0.2, 0.25) is 5.95 Å². The maximum absolute atomic E-state index is 12.2. The molecule has 0 radical (unpaired) electrons. The second-order valence-electron chi connectivity index (χ2n) is 5.35. The molecule has 21 heavy (non-hydrogen) atoms. The average Bonchev–Trinajstić information content (AvgIpc) is 2.83. The van der Waals surface area contributed by atoms with Crippen molar-refractivity contribution in [3.05, 3.63) is 20.8 Å². The second kappa shape index (κ2) is 5.72. The third kappa shape index (κ3) is 2.46. The summed E-state index contributed by atoms with van der Waals surface area (Å²) in [4.78, 5) is 28.7. The van der Waals surface area contributed by atoms with E-state index in [9.17, 15) is 9.59 Å². The summed E-state index contributed by atoms with van der Waals surface area (Å²) >= 11 is 0. The first-order valence-electron chi connectivity index (χ1n) is 7.02. The van der Waals surface area contributed by atoms with Crippen molar-refractivity contribution in [2.24, 2.45) is 19.8 Å². The van der Waals surface area contributed by atoms with Gasteiger partial charge in [0.1, 0.15) is 0 Å². The summed E-state index contributed by atoms with van der Waals surface area (Å²) in [5, 5.41) is 3.19. The second-order valence-corrected chi connectivity index (χ2v) is 5.35. The summed E-state index contributed by atoms with van der Waals surface area (Å²) in [7, 11) is 3.11. The first-order chi connectivity index (χ1) is 9.90. The molecule has 2 aromatic heterocycles. The Hall–Kier alpha value is -2.09. The van der Waals surface area contributed by atoms with Gasteiger partial charge in [-0.3, -0.25) is 18.5 Å². The van der Waals surface area contributed by atoms with Crippen molar-refractivity contribution in [2.75, 3.05) is 18.4 Å². The fourth-order valence-electron chi connectivity index (χ4n) is 2.37. The zero-order valence-electron chi connectivity index (χ0n) is 12.9. The molecule has 3 N–H and O–H groups in total. The first-order valence-corrected chi connectivity index (χ1v) is 7.02. The number of hydrogen-bond acceptors (Lipinski definition) is 5. The zero-order chi connectivity index (χ0) is 15.7. The van der Waals surface area contributed by atoms with Gasteiger partial charge in [-0.2, -0.15) is 0 Å². The molecule has 0 aliphatic carbocycles. The zero-order valence-corrected chi connectivity index (χ0v) is 12.9. The number of anilines is 1. The van der Waals surface area contributed by atoms with Crippen LogP contribution in [0, 0.1) is 0 Å². The first kappa shape index (κ1) is 15.3. The Bertz CT molecular complexity index is 768. The average molecular weight is 294 g/mol. The highest BCUT2D eigenvalue weighted by Gasteiger charge is 2.20. The lowest BCUT2D eigenvalue weighted by Gasteiger charge is -2.15. The molecular formula is C13H22N6O2. The van der Waals surface area contributed by atoms with Gasteiger partial charge in [-0.05, 0) is 26.8 Å². The summed E-state index contributed by atoms with van der Waals surface area (Å²) in [6.07, 6.45) is 0.804. The molecule has 0 atom stereocenters. The minimum absolute atomic E-state index is 0.0630. The molecule has 0 fully saturated rings. The molecule has 0 spiro atoms. The standard InChI is InChI=1S/C13H22N6O2/c1-8(2)19-10-9(16-12(19)15-7-5-6-14)11(20)18(4)13(21)17(10)3/h8H,5-7,14H2,1-4H3,(H,15,16). The number of nitrogens with zero attached hydrogens (tertiary/aromatic N) is 4. The van der Waals surface area contributed by atoms with Crippen LogP contribution in [0.5, 0.6) is 0 Å². The maximum atomic E-state index is 12.2. The third-order valence-electron chi connectivity index (χ3n) is 3.47. The van der Waals surface area contributed by atoms with Crippen molar-refractivity contribution in [3.63, 3.8) is 0 Å². The lowest BCUT2D eigenvalue weighted by atomic mass is 10.4. The SMILES string of the molecule is CC(C)n1c(NCCCN)nc2c(=O)n(C)c(=O)n(C)c21. The highest BCUT2D eigenvalue weighted by Crippen LogP contribution is 2.21. The molecule has 0 saturated heterocycles. The summed E-state index contributed by atoms with van der Waals surface area (Å²) in [5.74, 6) is 0.590. The topological polar surface area (TPSA) is 99.9 Å². The van der Waals surface area contributed by atoms with E-state index in [1.807, 2.05) is 18.4 Å². The van der Waals surface area contributed by atoms with Gasteiger partial charge in [-0.1, -0.05) is 0 Å². The molecule has 0 unspecified atom stereocenters. The Balaban J connectivity index is 2.74. The monoisotopic (exact) mass is 294 g/mol. The maximum Gasteiger partial charge on any atom is 0.332 e. The fraction of sp³-hybridized carbons (Fsp3) is 0.615. The van der Waals surface area contributed by atoms with Crippen molar-refractivity contribution in [2.45, 2.75) is 26.3 Å². The van der Waals surface area contributed by atoms with E-state index in [0.29, 0.717) is 30.2 Å². The Morgan fingerprint density at radius 1 is 1.24 bits per heavy atom. The quantitative estimate of drug-likeness (QED) is 0.742. The van der Waals surface area contributed by atoms with Crippen LogP contribution in [0.1, 0.15) is 26.3 Å². The highest BCUT2D eigenvalue weighted by molar-refractivity contribution is 5.74. The van der Waals surface area contributed by atoms with Gasteiger partial charge in [0.25, 0.3) is 5.56 Å². The largest absolute Gasteiger partial charge is 0.356 e. The van der Waals surface area contributed by atoms with Crippen LogP contribution in [0.15, 0.2) is 9.59 Å². The molecule has 2 heterocycles. The molecule has 2 aromatic rings. The van der Waals surface area contributed by atoms with E-state index >= 15 is 0 Å². The van der Waals surface area contributed by atoms with Gasteiger partial charge in [0.05, 0.1) is 0 Å². The van der Waals surface area contributed by atoms with Crippen LogP contribution in [0.4, 0.5) is 5.95 Å². The van der Waals surface area contributed by atoms with Crippen molar-refractivity contribution in [3.8, 4) is 0 Å². The highest BCUT2D eigenvalue weighted by atomic mass is 16.2. The lowest BCUT2D eigenvalue weighted by molar-refractivity contribution is 0.598. The molecule has 0 aromatic carbocycles. The van der Waals surface area contributed by atoms with Gasteiger partial charge in [-0.15, -0.1) is 0 Å². The Labute approximate surface area is 122 Å². The number of aryl methyl sites for hydroxylation is 1. The van der Waals surface area contributed by atoms with Crippen molar-refractivity contribution in [1.29, 1.82) is 0 Å². The minimum Gasteiger partial charge on any atom is -0.356 e. The summed E-state index contributed by atoms with van der Waals surface area (Å²) in [5.41, 5.74) is 5.58. The van der Waals surface area contributed by atoms with E-state index in [0.717, 1.165) is 11.0 Å². The molecule has 0 bridgehead atoms. The number of nitrogens with two attached hydrogens (primary N) is 1. The van der Waals surface area contributed by atoms with Gasteiger partial charge in [-0.25, -0.2) is 9.78 Å². The molecule has 8 heteroatoms. The molecule has 2 rings (SSSR count). The Kier molecular flexibility index (Phi) is 4.17. The van der Waals surface area contributed by atoms with Crippen LogP contribution < -0.4 is 22.3 Å². The normalized spacial score (nSPS) is 11.5. The van der Waals surface area contributed by atoms with E-state index in [4.69, 9.17) is 5.73 Å². The van der Waals surface area contributed by atoms with Crippen LogP contribution >= 0.6 is 0 Å². The summed E-state index contributed by atoms with van der Waals surface area (Å²) < 4.78 is 4.40. The van der Waals surface area contributed by atoms with E-state index in [1.165, 1.54) is 11.6 Å². The molecule has 0 saturated carbocycles. The van der Waals surface area contributed by atoms with Crippen molar-refractivity contribution in [1.82, 2.24) is 18.7 Å². The van der Waals surface area contributed by atoms with Crippen LogP contribution in [-0.4, -0.2) is 31.8 Å². The summed E-state index contributed by atoms with van der Waals surface area (Å²) in [6.45, 7) is 5.21. The number of fused-ring (bicyclic) bond motifs is 1.